The molecule has 0 spiro atoms. The molecule has 1 fully saturated rings. The summed E-state index contributed by atoms with van der Waals surface area (Å²) in [4.78, 5) is 36.2. The summed E-state index contributed by atoms with van der Waals surface area (Å²) in [5.74, 6) is -1.98. The van der Waals surface area contributed by atoms with Crippen molar-refractivity contribution in [2.45, 2.75) is 53.0 Å². The lowest BCUT2D eigenvalue weighted by Gasteiger charge is -2.42. The Balaban J connectivity index is 3.17. The number of carbonyl (C=O) groups excluding carboxylic acids is 2. The molecule has 1 saturated heterocycles. The molecule has 0 aromatic rings. The zero-order valence-electron chi connectivity index (χ0n) is 12.2. The number of carboxylic acid groups (broad SMARTS) is 1. The number of hydrogen-bond acceptors (Lipinski definition) is 3. The largest absolute Gasteiger partial charge is 0.477 e. The van der Waals surface area contributed by atoms with E-state index in [2.05, 4.69) is 0 Å². The lowest BCUT2D eigenvalue weighted by atomic mass is 9.87. The van der Waals surface area contributed by atoms with E-state index in [1.165, 1.54) is 0 Å². The number of carbonyl (C=O) groups is 3. The lowest BCUT2D eigenvalue weighted by molar-refractivity contribution is -0.871. The molecule has 1 N–H and O–H groups in total. The normalized spacial score (nSPS) is 27.9. The Labute approximate surface area is 114 Å². The summed E-state index contributed by atoms with van der Waals surface area (Å²) < 4.78 is -0.217. The van der Waals surface area contributed by atoms with Crippen LogP contribution in [0.5, 0.6) is 0 Å². The third-order valence-electron chi connectivity index (χ3n) is 4.01. The van der Waals surface area contributed by atoms with E-state index in [4.69, 9.17) is 0 Å². The smallest absolute Gasteiger partial charge is 0.383 e. The van der Waals surface area contributed by atoms with Crippen molar-refractivity contribution < 1.29 is 24.0 Å². The highest BCUT2D eigenvalue weighted by Gasteiger charge is 2.52. The maximum atomic E-state index is 12.6. The molecule has 0 aromatic heterocycles. The summed E-state index contributed by atoms with van der Waals surface area (Å²) in [6, 6.07) is -0.780. The molecule has 1 aliphatic heterocycles. The molecule has 1 heterocycles. The van der Waals surface area contributed by atoms with Crippen LogP contribution in [0.1, 0.15) is 47.0 Å². The van der Waals surface area contributed by atoms with E-state index < -0.39 is 29.1 Å². The second-order valence-electron chi connectivity index (χ2n) is 6.31. The van der Waals surface area contributed by atoms with E-state index >= 15 is 0 Å². The van der Waals surface area contributed by atoms with Gasteiger partial charge in [0.05, 0.1) is 13.1 Å². The van der Waals surface area contributed by atoms with Crippen LogP contribution in [0.25, 0.3) is 0 Å². The van der Waals surface area contributed by atoms with Gasteiger partial charge in [0, 0.05) is 11.8 Å². The van der Waals surface area contributed by atoms with Gasteiger partial charge in [0.15, 0.2) is 6.04 Å². The first kappa shape index (κ1) is 15.8. The van der Waals surface area contributed by atoms with Crippen molar-refractivity contribution in [3.63, 3.8) is 0 Å². The fraction of sp³-hybridized carbons (Fsp3) is 0.786. The molecule has 1 amide bonds. The molecular formula is C14H24NO4+. The summed E-state index contributed by atoms with van der Waals surface area (Å²) in [5, 5.41) is 9.36. The van der Waals surface area contributed by atoms with Crippen LogP contribution in [0, 0.1) is 5.41 Å². The summed E-state index contributed by atoms with van der Waals surface area (Å²) in [6.07, 6.45) is 2.06. The van der Waals surface area contributed by atoms with Crippen LogP contribution in [0.4, 0.5) is 0 Å². The topological polar surface area (TPSA) is 71.4 Å². The molecule has 1 aliphatic rings. The molecule has 5 nitrogen and oxygen atoms in total. The molecule has 5 heteroatoms. The average molecular weight is 270 g/mol. The van der Waals surface area contributed by atoms with Crippen LogP contribution in [0.2, 0.25) is 0 Å². The Bertz CT molecular complexity index is 397. The summed E-state index contributed by atoms with van der Waals surface area (Å²) in [7, 11) is 0. The van der Waals surface area contributed by atoms with Gasteiger partial charge in [-0.2, -0.15) is 0 Å². The van der Waals surface area contributed by atoms with Gasteiger partial charge in [0.1, 0.15) is 0 Å². The van der Waals surface area contributed by atoms with Gasteiger partial charge in [-0.25, -0.2) is 14.1 Å². The second kappa shape index (κ2) is 5.41. The molecule has 1 rings (SSSR count). The molecule has 0 aromatic carbocycles. The number of likely N-dealkylation sites (N-methyl/N-ethyl adjacent to an activating group) is 1. The zero-order valence-corrected chi connectivity index (χ0v) is 12.2. The van der Waals surface area contributed by atoms with E-state index in [9.17, 15) is 19.5 Å². The quantitative estimate of drug-likeness (QED) is 0.624. The maximum Gasteiger partial charge on any atom is 0.383 e. The first-order valence-electron chi connectivity index (χ1n) is 6.85. The molecule has 0 bridgehead atoms. The minimum Gasteiger partial charge on any atom is -0.477 e. The number of carboxylic acids is 1. The fourth-order valence-corrected chi connectivity index (χ4v) is 2.76. The lowest BCUT2D eigenvalue weighted by Crippen LogP contribution is -2.66. The highest BCUT2D eigenvalue weighted by molar-refractivity contribution is 6.35. The number of amides is 1. The first-order valence-corrected chi connectivity index (χ1v) is 6.85. The number of hydrogen-bond donors (Lipinski definition) is 1. The third kappa shape index (κ3) is 2.86. The SMILES string of the molecule is CC[N+]1(C(=O)C(=O)C(C)(C)C)CCCCC1C(=O)O. The molecule has 0 radical (unpaired) electrons. The molecule has 2 unspecified atom stereocenters. The highest BCUT2D eigenvalue weighted by Crippen LogP contribution is 2.29. The van der Waals surface area contributed by atoms with E-state index in [-0.39, 0.29) is 4.48 Å². The number of nitrogens with zero attached hydrogens (tertiary/aromatic N) is 1. The van der Waals surface area contributed by atoms with Gasteiger partial charge in [0.2, 0.25) is 0 Å². The third-order valence-corrected chi connectivity index (χ3v) is 4.01. The Kier molecular flexibility index (Phi) is 4.50. The Hall–Kier alpha value is -1.23. The van der Waals surface area contributed by atoms with Crippen molar-refractivity contribution in [3.8, 4) is 0 Å². The monoisotopic (exact) mass is 270 g/mol. The van der Waals surface area contributed by atoms with Gasteiger partial charge < -0.3 is 5.11 Å². The molecular weight excluding hydrogens is 246 g/mol. The van der Waals surface area contributed by atoms with Crippen LogP contribution < -0.4 is 0 Å². The number of ketones is 1. The van der Waals surface area contributed by atoms with Crippen molar-refractivity contribution in [2.75, 3.05) is 13.1 Å². The molecule has 0 aliphatic carbocycles. The number of aliphatic carboxylic acids is 1. The van der Waals surface area contributed by atoms with Gasteiger partial charge in [-0.3, -0.25) is 4.79 Å². The van der Waals surface area contributed by atoms with E-state index in [1.54, 1.807) is 27.7 Å². The van der Waals surface area contributed by atoms with Gasteiger partial charge in [-0.1, -0.05) is 20.8 Å². The summed E-state index contributed by atoms with van der Waals surface area (Å²) in [6.45, 7) is 7.68. The van der Waals surface area contributed by atoms with Gasteiger partial charge in [0.25, 0.3) is 5.78 Å². The molecule has 2 atom stereocenters. The molecule has 108 valence electrons. The number of likely N-dealkylation sites (tertiary alicyclic amines) is 1. The zero-order chi connectivity index (χ0) is 14.8. The van der Waals surface area contributed by atoms with Gasteiger partial charge >= 0.3 is 11.9 Å². The standard InChI is InChI=1S/C14H23NO4/c1-5-15(12(17)11(16)14(2,3)4)9-7-6-8-10(15)13(18)19/h10H,5-9H2,1-4H3/p+1. The minimum atomic E-state index is -0.975. The minimum absolute atomic E-state index is 0.217. The second-order valence-corrected chi connectivity index (χ2v) is 6.31. The number of quaternary nitrogens is 1. The van der Waals surface area contributed by atoms with Crippen LogP contribution >= 0.6 is 0 Å². The van der Waals surface area contributed by atoms with Crippen molar-refractivity contribution >= 4 is 17.7 Å². The summed E-state index contributed by atoms with van der Waals surface area (Å²) in [5.41, 5.74) is -0.766. The fourth-order valence-electron chi connectivity index (χ4n) is 2.76. The van der Waals surface area contributed by atoms with Crippen molar-refractivity contribution in [3.05, 3.63) is 0 Å². The number of piperidine rings is 1. The van der Waals surface area contributed by atoms with Crippen LogP contribution in [0.15, 0.2) is 0 Å². The van der Waals surface area contributed by atoms with E-state index in [0.717, 1.165) is 12.8 Å². The Morgan fingerprint density at radius 3 is 2.21 bits per heavy atom. The van der Waals surface area contributed by atoms with E-state index in [0.29, 0.717) is 19.5 Å². The Morgan fingerprint density at radius 1 is 1.21 bits per heavy atom. The first-order chi connectivity index (χ1) is 8.66. The molecule has 19 heavy (non-hydrogen) atoms. The van der Waals surface area contributed by atoms with Gasteiger partial charge in [-0.15, -0.1) is 0 Å². The van der Waals surface area contributed by atoms with E-state index in [1.807, 2.05) is 0 Å². The number of rotatable bonds is 3. The van der Waals surface area contributed by atoms with Crippen LogP contribution in [-0.4, -0.2) is 46.4 Å². The van der Waals surface area contributed by atoms with Gasteiger partial charge in [-0.05, 0) is 19.8 Å². The van der Waals surface area contributed by atoms with Crippen molar-refractivity contribution in [1.29, 1.82) is 0 Å². The van der Waals surface area contributed by atoms with Crippen molar-refractivity contribution in [1.82, 2.24) is 0 Å². The average Bonchev–Trinajstić information content (AvgIpc) is 2.35. The molecule has 0 saturated carbocycles. The number of Topliss-reactive ketones (excluding diaryl/α,β-unsaturated/α-hetero) is 1. The predicted molar refractivity (Wildman–Crippen MR) is 70.4 cm³/mol. The van der Waals surface area contributed by atoms with Crippen LogP contribution in [0.3, 0.4) is 0 Å². The maximum absolute atomic E-state index is 12.6. The highest BCUT2D eigenvalue weighted by atomic mass is 16.4. The predicted octanol–water partition coefficient (Wildman–Crippen LogP) is 1.60. The van der Waals surface area contributed by atoms with Crippen molar-refractivity contribution in [2.24, 2.45) is 5.41 Å². The van der Waals surface area contributed by atoms with Crippen LogP contribution in [-0.2, 0) is 14.4 Å². The summed E-state index contributed by atoms with van der Waals surface area (Å²) >= 11 is 0. The Morgan fingerprint density at radius 2 is 1.79 bits per heavy atom.